The maximum Gasteiger partial charge on any atom is 0.282 e. The second-order valence-electron chi connectivity index (χ2n) is 3.58. The summed E-state index contributed by atoms with van der Waals surface area (Å²) in [7, 11) is 0. The molecule has 1 aromatic heterocycles. The summed E-state index contributed by atoms with van der Waals surface area (Å²) in [5.74, 6) is -0.275. The summed E-state index contributed by atoms with van der Waals surface area (Å²) in [4.78, 5) is 11.9. The van der Waals surface area contributed by atoms with E-state index in [4.69, 9.17) is 11.6 Å². The van der Waals surface area contributed by atoms with Crippen LogP contribution in [0, 0.1) is 0 Å². The molecule has 1 unspecified atom stereocenters. The number of hydrogen-bond acceptors (Lipinski definition) is 4. The highest BCUT2D eigenvalue weighted by Gasteiger charge is 2.16. The van der Waals surface area contributed by atoms with E-state index < -0.39 is 0 Å². The molecule has 0 aliphatic rings. The van der Waals surface area contributed by atoms with Crippen molar-refractivity contribution in [2.75, 3.05) is 0 Å². The van der Waals surface area contributed by atoms with E-state index in [1.165, 1.54) is 0 Å². The Balaban J connectivity index is 2.10. The molecule has 1 atom stereocenters. The van der Waals surface area contributed by atoms with Gasteiger partial charge in [0.2, 0.25) is 9.47 Å². The van der Waals surface area contributed by atoms with Crippen LogP contribution in [-0.4, -0.2) is 16.1 Å². The smallest absolute Gasteiger partial charge is 0.282 e. The molecule has 1 amide bonds. The first kappa shape index (κ1) is 13.5. The number of nitrogens with zero attached hydrogens (tertiary/aromatic N) is 2. The maximum atomic E-state index is 11.9. The van der Waals surface area contributed by atoms with Gasteiger partial charge >= 0.3 is 0 Å². The van der Waals surface area contributed by atoms with Gasteiger partial charge in [0.1, 0.15) is 0 Å². The third-order valence-electron chi connectivity index (χ3n) is 2.31. The number of rotatable bonds is 3. The molecule has 18 heavy (non-hydrogen) atoms. The zero-order valence-electron chi connectivity index (χ0n) is 9.35. The Kier molecular flexibility index (Phi) is 4.31. The fourth-order valence-electron chi connectivity index (χ4n) is 1.46. The molecule has 0 saturated heterocycles. The summed E-state index contributed by atoms with van der Waals surface area (Å²) in [5, 5.41) is 10.4. The molecule has 1 N–H and O–H groups in total. The monoisotopic (exact) mass is 345 g/mol. The first-order valence-electron chi connectivity index (χ1n) is 5.12. The van der Waals surface area contributed by atoms with Crippen molar-refractivity contribution in [1.29, 1.82) is 0 Å². The Labute approximate surface area is 122 Å². The maximum absolute atomic E-state index is 11.9. The number of aromatic nitrogens is 2. The van der Waals surface area contributed by atoms with Crippen molar-refractivity contribution in [3.8, 4) is 0 Å². The van der Waals surface area contributed by atoms with Gasteiger partial charge in [0.05, 0.1) is 6.04 Å². The van der Waals surface area contributed by atoms with Gasteiger partial charge in [0.15, 0.2) is 0 Å². The largest absolute Gasteiger partial charge is 0.343 e. The molecule has 0 aliphatic carbocycles. The van der Waals surface area contributed by atoms with E-state index in [0.29, 0.717) is 0 Å². The Morgan fingerprint density at radius 1 is 1.44 bits per heavy atom. The van der Waals surface area contributed by atoms with Crippen LogP contribution in [0.5, 0.6) is 0 Å². The zero-order valence-corrected chi connectivity index (χ0v) is 12.5. The third-order valence-corrected chi connectivity index (χ3v) is 4.05. The minimum atomic E-state index is -0.275. The van der Waals surface area contributed by atoms with Crippen LogP contribution in [-0.2, 0) is 0 Å². The van der Waals surface area contributed by atoms with E-state index in [1.54, 1.807) is 0 Å². The first-order chi connectivity index (χ1) is 8.58. The molecule has 0 aliphatic heterocycles. The van der Waals surface area contributed by atoms with Crippen LogP contribution < -0.4 is 5.32 Å². The highest BCUT2D eigenvalue weighted by atomic mass is 79.9. The van der Waals surface area contributed by atoms with E-state index in [9.17, 15) is 4.79 Å². The van der Waals surface area contributed by atoms with Crippen LogP contribution in [0.1, 0.15) is 28.3 Å². The summed E-state index contributed by atoms with van der Waals surface area (Å²) < 4.78 is 1.21. The number of nitrogens with one attached hydrogen (secondary N) is 1. The van der Waals surface area contributed by atoms with Gasteiger partial charge in [-0.1, -0.05) is 45.5 Å². The molecule has 1 aromatic carbocycles. The number of halogens is 2. The van der Waals surface area contributed by atoms with Gasteiger partial charge in [0, 0.05) is 4.47 Å². The molecule has 0 spiro atoms. The topological polar surface area (TPSA) is 54.9 Å². The van der Waals surface area contributed by atoms with Crippen LogP contribution in [0.25, 0.3) is 0 Å². The molecule has 1 heterocycles. The van der Waals surface area contributed by atoms with Gasteiger partial charge in [0.25, 0.3) is 5.91 Å². The highest BCUT2D eigenvalue weighted by molar-refractivity contribution is 9.10. The fraction of sp³-hybridized carbons (Fsp3) is 0.182. The quantitative estimate of drug-likeness (QED) is 0.926. The third kappa shape index (κ3) is 3.07. The second kappa shape index (κ2) is 5.77. The molecule has 4 nitrogen and oxygen atoms in total. The Morgan fingerprint density at radius 3 is 2.78 bits per heavy atom. The highest BCUT2D eigenvalue weighted by Crippen LogP contribution is 2.23. The van der Waals surface area contributed by atoms with Crippen LogP contribution in [0.2, 0.25) is 4.47 Å². The Bertz CT molecular complexity index is 575. The minimum absolute atomic E-state index is 0.129. The van der Waals surface area contributed by atoms with Crippen LogP contribution in [0.3, 0.4) is 0 Å². The van der Waals surface area contributed by atoms with E-state index in [-0.39, 0.29) is 21.4 Å². The molecule has 2 rings (SSSR count). The molecule has 2 aromatic rings. The predicted octanol–water partition coefficient (Wildman–Crippen LogP) is 3.45. The second-order valence-corrected chi connectivity index (χ2v) is 5.99. The van der Waals surface area contributed by atoms with Gasteiger partial charge in [-0.15, -0.1) is 10.2 Å². The van der Waals surface area contributed by atoms with E-state index in [2.05, 4.69) is 31.4 Å². The van der Waals surface area contributed by atoms with Gasteiger partial charge in [-0.3, -0.25) is 4.79 Å². The number of hydrogen-bond donors (Lipinski definition) is 1. The molecule has 7 heteroatoms. The zero-order chi connectivity index (χ0) is 13.1. The summed E-state index contributed by atoms with van der Waals surface area (Å²) in [5.41, 5.74) is 1.00. The lowest BCUT2D eigenvalue weighted by Crippen LogP contribution is -2.26. The lowest BCUT2D eigenvalue weighted by Gasteiger charge is -2.14. The van der Waals surface area contributed by atoms with Crippen molar-refractivity contribution >= 4 is 44.8 Å². The predicted molar refractivity (Wildman–Crippen MR) is 74.9 cm³/mol. The first-order valence-corrected chi connectivity index (χ1v) is 7.11. The van der Waals surface area contributed by atoms with Crippen molar-refractivity contribution in [3.63, 3.8) is 0 Å². The van der Waals surface area contributed by atoms with E-state index >= 15 is 0 Å². The lowest BCUT2D eigenvalue weighted by atomic mass is 10.1. The number of benzene rings is 1. The van der Waals surface area contributed by atoms with Crippen molar-refractivity contribution in [1.82, 2.24) is 15.5 Å². The SMILES string of the molecule is CC(NC(=O)c1nnc(Cl)s1)c1ccccc1Br. The standard InChI is InChI=1S/C11H9BrClN3OS/c1-6(7-4-2-3-5-8(7)12)14-9(17)10-15-16-11(13)18-10/h2-6H,1H3,(H,14,17). The molecule has 0 saturated carbocycles. The lowest BCUT2D eigenvalue weighted by molar-refractivity contribution is 0.0938. The summed E-state index contributed by atoms with van der Waals surface area (Å²) in [6.07, 6.45) is 0. The molecule has 0 bridgehead atoms. The van der Waals surface area contributed by atoms with E-state index in [0.717, 1.165) is 21.4 Å². The van der Waals surface area contributed by atoms with Crippen molar-refractivity contribution in [3.05, 3.63) is 43.8 Å². The Hall–Kier alpha value is -0.980. The molecular formula is C11H9BrClN3OS. The summed E-state index contributed by atoms with van der Waals surface area (Å²) >= 11 is 10.1. The van der Waals surface area contributed by atoms with Crippen LogP contribution in [0.15, 0.2) is 28.7 Å². The number of carbonyl (C=O) groups is 1. The van der Waals surface area contributed by atoms with Gasteiger partial charge < -0.3 is 5.32 Å². The summed E-state index contributed by atoms with van der Waals surface area (Å²) in [6, 6.07) is 7.59. The molecule has 0 radical (unpaired) electrons. The van der Waals surface area contributed by atoms with Gasteiger partial charge in [-0.05, 0) is 30.2 Å². The number of carbonyl (C=O) groups excluding carboxylic acids is 1. The normalized spacial score (nSPS) is 12.2. The fourth-order valence-corrected chi connectivity index (χ4v) is 2.82. The minimum Gasteiger partial charge on any atom is -0.343 e. The summed E-state index contributed by atoms with van der Waals surface area (Å²) in [6.45, 7) is 1.90. The Morgan fingerprint density at radius 2 is 2.17 bits per heavy atom. The molecule has 94 valence electrons. The average Bonchev–Trinajstić information content (AvgIpc) is 2.76. The van der Waals surface area contributed by atoms with Crippen LogP contribution >= 0.6 is 38.9 Å². The van der Waals surface area contributed by atoms with Gasteiger partial charge in [-0.2, -0.15) is 0 Å². The average molecular weight is 347 g/mol. The van der Waals surface area contributed by atoms with Crippen LogP contribution in [0.4, 0.5) is 0 Å². The van der Waals surface area contributed by atoms with Crippen molar-refractivity contribution in [2.45, 2.75) is 13.0 Å². The van der Waals surface area contributed by atoms with Gasteiger partial charge in [-0.25, -0.2) is 0 Å². The van der Waals surface area contributed by atoms with Crippen molar-refractivity contribution in [2.24, 2.45) is 0 Å². The number of amides is 1. The van der Waals surface area contributed by atoms with Crippen molar-refractivity contribution < 1.29 is 4.79 Å². The molecule has 0 fully saturated rings. The molecular weight excluding hydrogens is 338 g/mol. The van der Waals surface area contributed by atoms with E-state index in [1.807, 2.05) is 31.2 Å².